The smallest absolute Gasteiger partial charge is 0.261 e. The van der Waals surface area contributed by atoms with Crippen LogP contribution in [0.1, 0.15) is 19.7 Å². The van der Waals surface area contributed by atoms with Crippen molar-refractivity contribution in [3.8, 4) is 11.5 Å². The lowest BCUT2D eigenvalue weighted by atomic mass is 10.1. The summed E-state index contributed by atoms with van der Waals surface area (Å²) < 4.78 is 6.92. The first-order valence-corrected chi connectivity index (χ1v) is 5.46. The predicted molar refractivity (Wildman–Crippen MR) is 63.5 cm³/mol. The first kappa shape index (κ1) is 10.8. The van der Waals surface area contributed by atoms with Crippen LogP contribution in [0.5, 0.6) is 0 Å². The topological polar surface area (TPSA) is 95.1 Å². The van der Waals surface area contributed by atoms with E-state index >= 15 is 0 Å². The highest BCUT2D eigenvalue weighted by Gasteiger charge is 2.23. The van der Waals surface area contributed by atoms with E-state index < -0.39 is 5.54 Å². The lowest BCUT2D eigenvalue weighted by Gasteiger charge is -2.11. The normalized spacial score (nSPS) is 12.2. The molecule has 0 saturated heterocycles. The van der Waals surface area contributed by atoms with E-state index in [0.717, 1.165) is 11.1 Å². The van der Waals surface area contributed by atoms with Gasteiger partial charge in [0.05, 0.1) is 29.0 Å². The Morgan fingerprint density at radius 2 is 2.17 bits per heavy atom. The van der Waals surface area contributed by atoms with Gasteiger partial charge in [0, 0.05) is 12.4 Å². The summed E-state index contributed by atoms with van der Waals surface area (Å²) in [5.74, 6) is 0.854. The number of fused-ring (bicyclic) bond motifs is 1. The monoisotopic (exact) mass is 244 g/mol. The van der Waals surface area contributed by atoms with Crippen molar-refractivity contribution in [2.24, 2.45) is 5.73 Å². The first-order chi connectivity index (χ1) is 8.55. The van der Waals surface area contributed by atoms with Crippen LogP contribution in [0.4, 0.5) is 0 Å². The molecule has 3 rings (SSSR count). The van der Waals surface area contributed by atoms with E-state index in [-0.39, 0.29) is 0 Å². The van der Waals surface area contributed by atoms with Crippen molar-refractivity contribution in [2.75, 3.05) is 0 Å². The van der Waals surface area contributed by atoms with Gasteiger partial charge in [0.15, 0.2) is 5.82 Å². The third kappa shape index (κ3) is 1.65. The Bertz CT molecular complexity index is 693. The number of rotatable bonds is 2. The van der Waals surface area contributed by atoms with Gasteiger partial charge in [-0.25, -0.2) is 4.52 Å². The molecule has 0 atom stereocenters. The van der Waals surface area contributed by atoms with Crippen molar-refractivity contribution in [1.82, 2.24) is 24.7 Å². The highest BCUT2D eigenvalue weighted by atomic mass is 16.5. The van der Waals surface area contributed by atoms with Gasteiger partial charge < -0.3 is 10.3 Å². The van der Waals surface area contributed by atoms with Crippen molar-refractivity contribution in [2.45, 2.75) is 19.4 Å². The summed E-state index contributed by atoms with van der Waals surface area (Å²) in [4.78, 5) is 8.34. The molecule has 0 bridgehead atoms. The maximum atomic E-state index is 5.92. The van der Waals surface area contributed by atoms with E-state index in [9.17, 15) is 0 Å². The molecule has 0 saturated carbocycles. The third-order valence-corrected chi connectivity index (χ3v) is 2.56. The Kier molecular flexibility index (Phi) is 2.17. The third-order valence-electron chi connectivity index (χ3n) is 2.56. The second kappa shape index (κ2) is 3.61. The molecule has 0 spiro atoms. The molecular weight excluding hydrogens is 232 g/mol. The van der Waals surface area contributed by atoms with Crippen LogP contribution >= 0.6 is 0 Å². The molecule has 0 aliphatic heterocycles. The average molecular weight is 244 g/mol. The molecule has 0 amide bonds. The number of hydrogen-bond acceptors (Lipinski definition) is 6. The van der Waals surface area contributed by atoms with Crippen molar-refractivity contribution in [3.05, 3.63) is 30.6 Å². The Morgan fingerprint density at radius 3 is 2.89 bits per heavy atom. The molecule has 0 aromatic carbocycles. The molecule has 7 heteroatoms. The van der Waals surface area contributed by atoms with E-state index in [2.05, 4.69) is 20.2 Å². The maximum Gasteiger partial charge on any atom is 0.261 e. The summed E-state index contributed by atoms with van der Waals surface area (Å²) in [6.45, 7) is 3.64. The molecule has 7 nitrogen and oxygen atoms in total. The van der Waals surface area contributed by atoms with Crippen LogP contribution in [0.2, 0.25) is 0 Å². The molecule has 18 heavy (non-hydrogen) atoms. The summed E-state index contributed by atoms with van der Waals surface area (Å²) in [7, 11) is 0. The maximum absolute atomic E-state index is 5.92. The van der Waals surface area contributed by atoms with Crippen LogP contribution in [0.3, 0.4) is 0 Å². The fourth-order valence-corrected chi connectivity index (χ4v) is 1.59. The minimum atomic E-state index is -0.636. The second-order valence-electron chi connectivity index (χ2n) is 4.61. The summed E-state index contributed by atoms with van der Waals surface area (Å²) in [5, 5.41) is 8.07. The number of nitrogens with zero attached hydrogens (tertiary/aromatic N) is 5. The Morgan fingerprint density at radius 1 is 1.33 bits per heavy atom. The van der Waals surface area contributed by atoms with Gasteiger partial charge in [-0.1, -0.05) is 5.16 Å². The lowest BCUT2D eigenvalue weighted by Crippen LogP contribution is -2.30. The standard InChI is InChI=1S/C11H12N6O/c1-11(2,12)10-15-9(18-16-10)7-5-14-17-4-3-13-6-8(7)17/h3-6H,12H2,1-2H3. The number of hydrogen-bond donors (Lipinski definition) is 1. The molecule has 2 N–H and O–H groups in total. The summed E-state index contributed by atoms with van der Waals surface area (Å²) in [6, 6.07) is 0. The van der Waals surface area contributed by atoms with E-state index in [1.165, 1.54) is 0 Å². The zero-order valence-electron chi connectivity index (χ0n) is 10.0. The van der Waals surface area contributed by atoms with Crippen LogP contribution < -0.4 is 5.73 Å². The van der Waals surface area contributed by atoms with Crippen LogP contribution in [-0.4, -0.2) is 24.7 Å². The molecule has 0 aliphatic carbocycles. The number of nitrogens with two attached hydrogens (primary N) is 1. The van der Waals surface area contributed by atoms with Gasteiger partial charge in [-0.05, 0) is 13.8 Å². The zero-order chi connectivity index (χ0) is 12.8. The minimum absolute atomic E-state index is 0.395. The van der Waals surface area contributed by atoms with Crippen LogP contribution in [-0.2, 0) is 5.54 Å². The van der Waals surface area contributed by atoms with E-state index in [0.29, 0.717) is 11.7 Å². The summed E-state index contributed by atoms with van der Waals surface area (Å²) in [5.41, 5.74) is 6.83. The first-order valence-electron chi connectivity index (χ1n) is 5.46. The molecule has 0 fully saturated rings. The molecule has 92 valence electrons. The van der Waals surface area contributed by atoms with Crippen molar-refractivity contribution in [1.29, 1.82) is 0 Å². The van der Waals surface area contributed by atoms with Crippen molar-refractivity contribution < 1.29 is 4.52 Å². The van der Waals surface area contributed by atoms with Gasteiger partial charge in [-0.3, -0.25) is 4.98 Å². The molecule has 3 heterocycles. The van der Waals surface area contributed by atoms with Crippen molar-refractivity contribution >= 4 is 5.52 Å². The quantitative estimate of drug-likeness (QED) is 0.721. The van der Waals surface area contributed by atoms with Gasteiger partial charge >= 0.3 is 0 Å². The van der Waals surface area contributed by atoms with Gasteiger partial charge in [0.1, 0.15) is 0 Å². The molecule has 0 radical (unpaired) electrons. The van der Waals surface area contributed by atoms with Gasteiger partial charge in [0.25, 0.3) is 5.89 Å². The fourth-order valence-electron chi connectivity index (χ4n) is 1.59. The van der Waals surface area contributed by atoms with Gasteiger partial charge in [-0.15, -0.1) is 0 Å². The lowest BCUT2D eigenvalue weighted by molar-refractivity contribution is 0.397. The molecular formula is C11H12N6O. The molecule has 0 unspecified atom stereocenters. The van der Waals surface area contributed by atoms with E-state index in [4.69, 9.17) is 10.3 Å². The van der Waals surface area contributed by atoms with Crippen LogP contribution in [0.15, 0.2) is 29.3 Å². The Hall–Kier alpha value is -2.28. The van der Waals surface area contributed by atoms with Crippen LogP contribution in [0, 0.1) is 0 Å². The van der Waals surface area contributed by atoms with E-state index in [1.807, 2.05) is 13.8 Å². The minimum Gasteiger partial charge on any atom is -0.334 e. The number of aromatic nitrogens is 5. The summed E-state index contributed by atoms with van der Waals surface area (Å²) in [6.07, 6.45) is 6.77. The molecule has 3 aromatic heterocycles. The SMILES string of the molecule is CC(C)(N)c1noc(-c2cnn3ccncc23)n1. The fraction of sp³-hybridized carbons (Fsp3) is 0.273. The largest absolute Gasteiger partial charge is 0.334 e. The van der Waals surface area contributed by atoms with Crippen molar-refractivity contribution in [3.63, 3.8) is 0 Å². The van der Waals surface area contributed by atoms with Gasteiger partial charge in [-0.2, -0.15) is 10.1 Å². The Labute approximate surface area is 103 Å². The zero-order valence-corrected chi connectivity index (χ0v) is 10.0. The molecule has 3 aromatic rings. The predicted octanol–water partition coefficient (Wildman–Crippen LogP) is 0.973. The molecule has 0 aliphatic rings. The highest BCUT2D eigenvalue weighted by Crippen LogP contribution is 2.24. The second-order valence-corrected chi connectivity index (χ2v) is 4.61. The van der Waals surface area contributed by atoms with Crippen LogP contribution in [0.25, 0.3) is 17.0 Å². The summed E-state index contributed by atoms with van der Waals surface area (Å²) >= 11 is 0. The highest BCUT2D eigenvalue weighted by molar-refractivity contribution is 5.73. The Balaban J connectivity index is 2.13. The van der Waals surface area contributed by atoms with E-state index in [1.54, 1.807) is 29.3 Å². The average Bonchev–Trinajstić information content (AvgIpc) is 2.94. The van der Waals surface area contributed by atoms with Gasteiger partial charge in [0.2, 0.25) is 0 Å².